The number of aliphatic imine (C=N–C) groups is 1. The van der Waals surface area contributed by atoms with Gasteiger partial charge in [-0.1, -0.05) is 48.5 Å². The largest absolute Gasteiger partial charge is 0.507 e. The molecule has 0 saturated heterocycles. The van der Waals surface area contributed by atoms with Crippen LogP contribution >= 0.6 is 0 Å². The Morgan fingerprint density at radius 2 is 1.31 bits per heavy atom. The minimum Gasteiger partial charge on any atom is -0.507 e. The number of hydrogen-bond acceptors (Lipinski definition) is 3. The molecule has 4 aromatic rings. The maximum Gasteiger partial charge on any atom is 0.124 e. The molecule has 0 bridgehead atoms. The minimum atomic E-state index is 0.236. The standard InChI is InChI=1S/C26H22N2O/c29-26-11-8-23(17-20-4-2-1-3-5-20)18-24(26)19-28-25-9-6-21(7-10-25)16-22-12-14-27-15-13-22/h1-15,18-19,29H,16-17H2. The van der Waals surface area contributed by atoms with E-state index in [-0.39, 0.29) is 5.75 Å². The average Bonchev–Trinajstić information content (AvgIpc) is 2.77. The predicted molar refractivity (Wildman–Crippen MR) is 118 cm³/mol. The van der Waals surface area contributed by atoms with Crippen molar-refractivity contribution < 1.29 is 5.11 Å². The van der Waals surface area contributed by atoms with E-state index in [0.29, 0.717) is 0 Å². The van der Waals surface area contributed by atoms with Crippen molar-refractivity contribution >= 4 is 11.9 Å². The number of phenols is 1. The highest BCUT2D eigenvalue weighted by atomic mass is 16.3. The number of rotatable bonds is 6. The molecule has 0 spiro atoms. The van der Waals surface area contributed by atoms with Gasteiger partial charge in [-0.25, -0.2) is 0 Å². The van der Waals surface area contributed by atoms with E-state index in [9.17, 15) is 5.11 Å². The topological polar surface area (TPSA) is 45.5 Å². The summed E-state index contributed by atoms with van der Waals surface area (Å²) in [7, 11) is 0. The Morgan fingerprint density at radius 1 is 0.690 bits per heavy atom. The molecule has 0 aliphatic rings. The highest BCUT2D eigenvalue weighted by Gasteiger charge is 2.03. The van der Waals surface area contributed by atoms with Crippen LogP contribution in [0.1, 0.15) is 27.8 Å². The second-order valence-corrected chi connectivity index (χ2v) is 7.01. The summed E-state index contributed by atoms with van der Waals surface area (Å²) in [4.78, 5) is 8.59. The molecule has 0 atom stereocenters. The molecule has 0 saturated carbocycles. The zero-order valence-electron chi connectivity index (χ0n) is 16.1. The Bertz CT molecular complexity index is 1090. The second-order valence-electron chi connectivity index (χ2n) is 7.01. The molecule has 3 aromatic carbocycles. The molecule has 1 heterocycles. The quantitative estimate of drug-likeness (QED) is 0.436. The van der Waals surface area contributed by atoms with Gasteiger partial charge in [0.25, 0.3) is 0 Å². The zero-order chi connectivity index (χ0) is 19.9. The molecule has 142 valence electrons. The molecule has 0 amide bonds. The summed E-state index contributed by atoms with van der Waals surface area (Å²) in [6.07, 6.45) is 7.04. The fourth-order valence-corrected chi connectivity index (χ4v) is 3.23. The van der Waals surface area contributed by atoms with Crippen molar-refractivity contribution in [2.75, 3.05) is 0 Å². The molecule has 0 aliphatic heterocycles. The first-order chi connectivity index (χ1) is 14.3. The number of phenolic OH excluding ortho intramolecular Hbond substituents is 1. The van der Waals surface area contributed by atoms with Gasteiger partial charge in [0.2, 0.25) is 0 Å². The predicted octanol–water partition coefficient (Wildman–Crippen LogP) is 5.72. The van der Waals surface area contributed by atoms with E-state index in [0.717, 1.165) is 29.7 Å². The van der Waals surface area contributed by atoms with Gasteiger partial charge >= 0.3 is 0 Å². The molecule has 3 nitrogen and oxygen atoms in total. The Kier molecular flexibility index (Phi) is 5.77. The first kappa shape index (κ1) is 18.6. The van der Waals surface area contributed by atoms with Crippen molar-refractivity contribution in [3.63, 3.8) is 0 Å². The first-order valence-electron chi connectivity index (χ1n) is 9.64. The van der Waals surface area contributed by atoms with Gasteiger partial charge in [-0.05, 0) is 71.5 Å². The van der Waals surface area contributed by atoms with E-state index in [1.54, 1.807) is 12.3 Å². The van der Waals surface area contributed by atoms with Crippen LogP contribution in [0.2, 0.25) is 0 Å². The normalized spacial score (nSPS) is 11.0. The van der Waals surface area contributed by atoms with E-state index >= 15 is 0 Å². The molecule has 1 aromatic heterocycles. The molecule has 0 fully saturated rings. The number of benzene rings is 3. The van der Waals surface area contributed by atoms with Gasteiger partial charge in [0.15, 0.2) is 0 Å². The van der Waals surface area contributed by atoms with E-state index < -0.39 is 0 Å². The first-order valence-corrected chi connectivity index (χ1v) is 9.64. The van der Waals surface area contributed by atoms with Crippen LogP contribution in [-0.4, -0.2) is 16.3 Å². The van der Waals surface area contributed by atoms with Crippen LogP contribution in [0, 0.1) is 0 Å². The monoisotopic (exact) mass is 378 g/mol. The Morgan fingerprint density at radius 3 is 2.07 bits per heavy atom. The number of aromatic hydroxyl groups is 1. The lowest BCUT2D eigenvalue weighted by Gasteiger charge is -2.05. The summed E-state index contributed by atoms with van der Waals surface area (Å²) in [5.41, 5.74) is 6.42. The SMILES string of the molecule is Oc1ccc(Cc2ccccc2)cc1C=Nc1ccc(Cc2ccncc2)cc1. The summed E-state index contributed by atoms with van der Waals surface area (Å²) in [5, 5.41) is 10.2. The molecule has 1 N–H and O–H groups in total. The molecule has 3 heteroatoms. The van der Waals surface area contributed by atoms with Gasteiger partial charge in [-0.2, -0.15) is 0 Å². The lowest BCUT2D eigenvalue weighted by atomic mass is 10.0. The van der Waals surface area contributed by atoms with Crippen molar-refractivity contribution in [1.82, 2.24) is 4.98 Å². The number of nitrogens with zero attached hydrogens (tertiary/aromatic N) is 2. The van der Waals surface area contributed by atoms with Crippen molar-refractivity contribution in [3.05, 3.63) is 125 Å². The van der Waals surface area contributed by atoms with Crippen LogP contribution < -0.4 is 0 Å². The molecular formula is C26H22N2O. The Balaban J connectivity index is 1.46. The summed E-state index contributed by atoms with van der Waals surface area (Å²) >= 11 is 0. The molecule has 4 rings (SSSR count). The smallest absolute Gasteiger partial charge is 0.124 e. The van der Waals surface area contributed by atoms with E-state index in [1.807, 2.05) is 67.0 Å². The fourth-order valence-electron chi connectivity index (χ4n) is 3.23. The molecular weight excluding hydrogens is 356 g/mol. The molecule has 29 heavy (non-hydrogen) atoms. The Labute approximate surface area is 171 Å². The third kappa shape index (κ3) is 5.17. The maximum absolute atomic E-state index is 10.2. The summed E-state index contributed by atoms with van der Waals surface area (Å²) in [6, 6.07) is 28.2. The van der Waals surface area contributed by atoms with Crippen molar-refractivity contribution in [2.24, 2.45) is 4.99 Å². The van der Waals surface area contributed by atoms with Crippen LogP contribution in [0.5, 0.6) is 5.75 Å². The van der Waals surface area contributed by atoms with E-state index in [4.69, 9.17) is 0 Å². The lowest BCUT2D eigenvalue weighted by Crippen LogP contribution is -1.91. The van der Waals surface area contributed by atoms with Gasteiger partial charge in [-0.3, -0.25) is 9.98 Å². The van der Waals surface area contributed by atoms with Crippen molar-refractivity contribution in [3.8, 4) is 5.75 Å². The van der Waals surface area contributed by atoms with Gasteiger partial charge in [0.1, 0.15) is 5.75 Å². The van der Waals surface area contributed by atoms with Gasteiger partial charge in [0.05, 0.1) is 5.69 Å². The van der Waals surface area contributed by atoms with Crippen molar-refractivity contribution in [2.45, 2.75) is 12.8 Å². The highest BCUT2D eigenvalue weighted by Crippen LogP contribution is 2.21. The molecule has 0 unspecified atom stereocenters. The molecule has 0 radical (unpaired) electrons. The number of hydrogen-bond donors (Lipinski definition) is 1. The van der Waals surface area contributed by atoms with Crippen LogP contribution in [0.3, 0.4) is 0 Å². The Hall–Kier alpha value is -3.72. The molecule has 0 aliphatic carbocycles. The maximum atomic E-state index is 10.2. The minimum absolute atomic E-state index is 0.236. The fraction of sp³-hybridized carbons (Fsp3) is 0.0769. The second kappa shape index (κ2) is 8.98. The van der Waals surface area contributed by atoms with E-state index in [2.05, 4.69) is 34.2 Å². The summed E-state index contributed by atoms with van der Waals surface area (Å²) < 4.78 is 0. The summed E-state index contributed by atoms with van der Waals surface area (Å²) in [6.45, 7) is 0. The highest BCUT2D eigenvalue weighted by molar-refractivity contribution is 5.85. The lowest BCUT2D eigenvalue weighted by molar-refractivity contribution is 0.474. The number of pyridine rings is 1. The van der Waals surface area contributed by atoms with Crippen LogP contribution in [0.25, 0.3) is 0 Å². The summed E-state index contributed by atoms with van der Waals surface area (Å²) in [5.74, 6) is 0.236. The average molecular weight is 378 g/mol. The van der Waals surface area contributed by atoms with E-state index in [1.165, 1.54) is 16.7 Å². The van der Waals surface area contributed by atoms with Crippen molar-refractivity contribution in [1.29, 1.82) is 0 Å². The van der Waals surface area contributed by atoms with Gasteiger partial charge in [0, 0.05) is 24.2 Å². The van der Waals surface area contributed by atoms with Gasteiger partial charge in [-0.15, -0.1) is 0 Å². The number of aromatic nitrogens is 1. The van der Waals surface area contributed by atoms with Crippen LogP contribution in [0.4, 0.5) is 5.69 Å². The zero-order valence-corrected chi connectivity index (χ0v) is 16.1. The van der Waals surface area contributed by atoms with Gasteiger partial charge < -0.3 is 5.11 Å². The third-order valence-electron chi connectivity index (χ3n) is 4.79. The van der Waals surface area contributed by atoms with Crippen LogP contribution in [0.15, 0.2) is 102 Å². The third-order valence-corrected chi connectivity index (χ3v) is 4.79. The van der Waals surface area contributed by atoms with Crippen LogP contribution in [-0.2, 0) is 12.8 Å².